The van der Waals surface area contributed by atoms with Gasteiger partial charge < -0.3 is 19.9 Å². The van der Waals surface area contributed by atoms with Gasteiger partial charge in [-0.2, -0.15) is 0 Å². The van der Waals surface area contributed by atoms with Crippen LogP contribution in [0.2, 0.25) is 0 Å². The van der Waals surface area contributed by atoms with Crippen molar-refractivity contribution >= 4 is 11.7 Å². The number of carbonyl (C=O) groups is 1. The number of piperazine rings is 1. The Morgan fingerprint density at radius 3 is 2.47 bits per heavy atom. The second kappa shape index (κ2) is 10.2. The molecule has 0 bridgehead atoms. The molecular weight excluding hydrogens is 402 g/mol. The smallest absolute Gasteiger partial charge is 0.253 e. The van der Waals surface area contributed by atoms with Gasteiger partial charge >= 0.3 is 0 Å². The molecule has 0 radical (unpaired) electrons. The number of aryl methyl sites for hydroxylation is 1. The average Bonchev–Trinajstić information content (AvgIpc) is 2.84. The molecule has 0 aliphatic carbocycles. The molecule has 1 saturated heterocycles. The molecule has 166 valence electrons. The first-order valence-corrected chi connectivity index (χ1v) is 10.9. The first-order valence-electron chi connectivity index (χ1n) is 10.9. The van der Waals surface area contributed by atoms with E-state index >= 15 is 0 Å². The summed E-state index contributed by atoms with van der Waals surface area (Å²) < 4.78 is 5.73. The molecule has 1 aliphatic heterocycles. The Morgan fingerprint density at radius 2 is 1.75 bits per heavy atom. The second-order valence-electron chi connectivity index (χ2n) is 7.99. The summed E-state index contributed by atoms with van der Waals surface area (Å²) in [4.78, 5) is 26.1. The van der Waals surface area contributed by atoms with E-state index < -0.39 is 0 Å². The lowest BCUT2D eigenvalue weighted by Crippen LogP contribution is -2.47. The number of anilines is 1. The molecule has 32 heavy (non-hydrogen) atoms. The third-order valence-corrected chi connectivity index (χ3v) is 5.56. The zero-order chi connectivity index (χ0) is 22.3. The summed E-state index contributed by atoms with van der Waals surface area (Å²) in [5.74, 6) is 2.33. The van der Waals surface area contributed by atoms with Gasteiger partial charge in [0.05, 0.1) is 6.54 Å². The van der Waals surface area contributed by atoms with Crippen LogP contribution in [0.1, 0.15) is 15.9 Å². The molecule has 7 heteroatoms. The Morgan fingerprint density at radius 1 is 1.03 bits per heavy atom. The lowest BCUT2D eigenvalue weighted by atomic mass is 10.1. The molecule has 2 aromatic carbocycles. The van der Waals surface area contributed by atoms with Crippen LogP contribution in [0.5, 0.6) is 5.75 Å². The van der Waals surface area contributed by atoms with Gasteiger partial charge in [-0.15, -0.1) is 0 Å². The molecule has 1 aromatic heterocycles. The van der Waals surface area contributed by atoms with Gasteiger partial charge in [-0.3, -0.25) is 4.79 Å². The third-order valence-electron chi connectivity index (χ3n) is 5.56. The zero-order valence-electron chi connectivity index (χ0n) is 18.6. The number of likely N-dealkylation sites (N-methyl/N-ethyl adjacent to an activating group) is 1. The van der Waals surface area contributed by atoms with Crippen molar-refractivity contribution in [1.29, 1.82) is 0 Å². The van der Waals surface area contributed by atoms with Crippen LogP contribution in [0.15, 0.2) is 60.8 Å². The monoisotopic (exact) mass is 431 g/mol. The highest BCUT2D eigenvalue weighted by atomic mass is 16.5. The topological polar surface area (TPSA) is 70.6 Å². The standard InChI is InChI=1S/C25H29N5O2/c1-19-18-27-24(28-23(19)26-12-17-32-22-6-4-3-5-7-22)20-8-10-21(11-9-20)25(31)30-15-13-29(2)14-16-30/h3-11,18H,12-17H2,1-2H3,(H,26,27,28). The molecule has 0 unspecified atom stereocenters. The van der Waals surface area contributed by atoms with E-state index in [2.05, 4.69) is 27.2 Å². The predicted octanol–water partition coefficient (Wildman–Crippen LogP) is 3.33. The van der Waals surface area contributed by atoms with E-state index in [0.29, 0.717) is 24.5 Å². The second-order valence-corrected chi connectivity index (χ2v) is 7.99. The van der Waals surface area contributed by atoms with E-state index in [1.54, 1.807) is 0 Å². The van der Waals surface area contributed by atoms with Gasteiger partial charge in [0.25, 0.3) is 5.91 Å². The molecule has 1 fully saturated rings. The summed E-state index contributed by atoms with van der Waals surface area (Å²) in [5.41, 5.74) is 2.54. The van der Waals surface area contributed by atoms with Crippen LogP contribution < -0.4 is 10.1 Å². The highest BCUT2D eigenvalue weighted by Gasteiger charge is 2.20. The number of rotatable bonds is 7. The molecule has 7 nitrogen and oxygen atoms in total. The molecule has 1 aliphatic rings. The van der Waals surface area contributed by atoms with Crippen LogP contribution in [-0.2, 0) is 0 Å². The number of aromatic nitrogens is 2. The van der Waals surface area contributed by atoms with Gasteiger partial charge in [0, 0.05) is 49.1 Å². The average molecular weight is 432 g/mol. The van der Waals surface area contributed by atoms with E-state index in [9.17, 15) is 4.79 Å². The van der Waals surface area contributed by atoms with Crippen molar-refractivity contribution in [3.05, 3.63) is 71.9 Å². The first kappa shape index (κ1) is 21.8. The van der Waals surface area contributed by atoms with Gasteiger partial charge in [-0.05, 0) is 38.2 Å². The SMILES string of the molecule is Cc1cnc(-c2ccc(C(=O)N3CCN(C)CC3)cc2)nc1NCCOc1ccccc1. The molecule has 1 N–H and O–H groups in total. The number of nitrogens with one attached hydrogen (secondary N) is 1. The third kappa shape index (κ3) is 5.42. The minimum absolute atomic E-state index is 0.0789. The van der Waals surface area contributed by atoms with E-state index in [4.69, 9.17) is 4.74 Å². The molecule has 0 spiro atoms. The summed E-state index contributed by atoms with van der Waals surface area (Å²) in [6, 6.07) is 17.3. The van der Waals surface area contributed by atoms with Crippen molar-refractivity contribution in [1.82, 2.24) is 19.8 Å². The van der Waals surface area contributed by atoms with Crippen LogP contribution >= 0.6 is 0 Å². The maximum absolute atomic E-state index is 12.8. The predicted molar refractivity (Wildman–Crippen MR) is 126 cm³/mol. The van der Waals surface area contributed by atoms with Gasteiger partial charge in [0.2, 0.25) is 0 Å². The fourth-order valence-corrected chi connectivity index (χ4v) is 3.57. The van der Waals surface area contributed by atoms with Gasteiger partial charge in [0.15, 0.2) is 5.82 Å². The molecule has 3 aromatic rings. The normalized spacial score (nSPS) is 14.2. The minimum Gasteiger partial charge on any atom is -0.492 e. The molecule has 0 atom stereocenters. The van der Waals surface area contributed by atoms with Crippen molar-refractivity contribution < 1.29 is 9.53 Å². The van der Waals surface area contributed by atoms with Crippen molar-refractivity contribution in [2.75, 3.05) is 51.7 Å². The van der Waals surface area contributed by atoms with Crippen molar-refractivity contribution in [3.63, 3.8) is 0 Å². The minimum atomic E-state index is 0.0789. The summed E-state index contributed by atoms with van der Waals surface area (Å²) in [5, 5.41) is 3.33. The first-order chi connectivity index (χ1) is 15.6. The molecule has 0 saturated carbocycles. The maximum Gasteiger partial charge on any atom is 0.253 e. The number of hydrogen-bond acceptors (Lipinski definition) is 6. The Bertz CT molecular complexity index is 1030. The van der Waals surface area contributed by atoms with Crippen LogP contribution in [0.3, 0.4) is 0 Å². The lowest BCUT2D eigenvalue weighted by molar-refractivity contribution is 0.0664. The number of carbonyl (C=O) groups excluding carboxylic acids is 1. The summed E-state index contributed by atoms with van der Waals surface area (Å²) in [6.07, 6.45) is 1.81. The Balaban J connectivity index is 1.37. The molecule has 2 heterocycles. The number of nitrogens with zero attached hydrogens (tertiary/aromatic N) is 4. The Hall–Kier alpha value is -3.45. The Kier molecular flexibility index (Phi) is 6.97. The summed E-state index contributed by atoms with van der Waals surface area (Å²) in [6.45, 7) is 6.49. The molecule has 4 rings (SSSR count). The number of benzene rings is 2. The fraction of sp³-hybridized carbons (Fsp3) is 0.320. The largest absolute Gasteiger partial charge is 0.492 e. The number of hydrogen-bond donors (Lipinski definition) is 1. The van der Waals surface area contributed by atoms with Crippen LogP contribution in [-0.4, -0.2) is 72.1 Å². The summed E-state index contributed by atoms with van der Waals surface area (Å²) >= 11 is 0. The highest BCUT2D eigenvalue weighted by molar-refractivity contribution is 5.94. The van der Waals surface area contributed by atoms with Crippen molar-refractivity contribution in [3.8, 4) is 17.1 Å². The van der Waals surface area contributed by atoms with Gasteiger partial charge in [-0.25, -0.2) is 9.97 Å². The van der Waals surface area contributed by atoms with Crippen LogP contribution in [0, 0.1) is 6.92 Å². The van der Waals surface area contributed by atoms with Crippen molar-refractivity contribution in [2.45, 2.75) is 6.92 Å². The van der Waals surface area contributed by atoms with Gasteiger partial charge in [-0.1, -0.05) is 30.3 Å². The van der Waals surface area contributed by atoms with Crippen LogP contribution in [0.4, 0.5) is 5.82 Å². The number of para-hydroxylation sites is 1. The van der Waals surface area contributed by atoms with Crippen molar-refractivity contribution in [2.24, 2.45) is 0 Å². The van der Waals surface area contributed by atoms with Gasteiger partial charge in [0.1, 0.15) is 18.2 Å². The molecule has 1 amide bonds. The highest BCUT2D eigenvalue weighted by Crippen LogP contribution is 2.20. The maximum atomic E-state index is 12.8. The van der Waals surface area contributed by atoms with Crippen LogP contribution in [0.25, 0.3) is 11.4 Å². The number of amides is 1. The lowest BCUT2D eigenvalue weighted by Gasteiger charge is -2.32. The van der Waals surface area contributed by atoms with E-state index in [-0.39, 0.29) is 5.91 Å². The quantitative estimate of drug-likeness (QED) is 0.579. The van der Waals surface area contributed by atoms with E-state index in [1.807, 2.05) is 72.6 Å². The fourth-order valence-electron chi connectivity index (χ4n) is 3.57. The number of ether oxygens (including phenoxy) is 1. The Labute approximate surface area is 189 Å². The zero-order valence-corrected chi connectivity index (χ0v) is 18.6. The summed E-state index contributed by atoms with van der Waals surface area (Å²) in [7, 11) is 2.08. The van der Waals surface area contributed by atoms with E-state index in [1.165, 1.54) is 0 Å². The molecular formula is C25H29N5O2. The van der Waals surface area contributed by atoms with E-state index in [0.717, 1.165) is 48.9 Å².